The third-order valence-electron chi connectivity index (χ3n) is 6.14. The molecule has 2 aliphatic rings. The standard InChI is InChI=1S/C23H29N3O/c1-16(27)25-22-9-6-19-2-3-20(23(19)14-22)15-26-12-10-18(11-13-26)17-4-7-21(24)8-5-17/h4-9,14,18,20H,2-3,10-13,15,24H2,1H3,(H,25,27). The Morgan fingerprint density at radius 1 is 1.11 bits per heavy atom. The van der Waals surface area contributed by atoms with Gasteiger partial charge in [0.25, 0.3) is 0 Å². The first-order valence-electron chi connectivity index (χ1n) is 10.1. The molecule has 3 N–H and O–H groups in total. The van der Waals surface area contributed by atoms with E-state index in [1.165, 1.54) is 36.0 Å². The summed E-state index contributed by atoms with van der Waals surface area (Å²) in [5.74, 6) is 1.24. The minimum atomic E-state index is -0.00534. The second-order valence-corrected chi connectivity index (χ2v) is 8.07. The van der Waals surface area contributed by atoms with E-state index in [4.69, 9.17) is 5.73 Å². The molecule has 1 aliphatic carbocycles. The number of nitrogen functional groups attached to an aromatic ring is 1. The Bertz CT molecular complexity index is 807. The molecule has 4 nitrogen and oxygen atoms in total. The van der Waals surface area contributed by atoms with Gasteiger partial charge in [0, 0.05) is 24.8 Å². The molecule has 0 spiro atoms. The van der Waals surface area contributed by atoms with Crippen LogP contribution in [0.1, 0.15) is 54.7 Å². The number of carbonyl (C=O) groups excluding carboxylic acids is 1. The maximum Gasteiger partial charge on any atom is 0.221 e. The van der Waals surface area contributed by atoms with E-state index in [9.17, 15) is 4.79 Å². The molecule has 0 aromatic heterocycles. The summed E-state index contributed by atoms with van der Waals surface area (Å²) in [7, 11) is 0. The highest BCUT2D eigenvalue weighted by Gasteiger charge is 2.27. The zero-order valence-electron chi connectivity index (χ0n) is 16.1. The average Bonchev–Trinajstić information content (AvgIpc) is 3.05. The lowest BCUT2D eigenvalue weighted by Crippen LogP contribution is -2.35. The fourth-order valence-corrected chi connectivity index (χ4v) is 4.69. The lowest BCUT2D eigenvalue weighted by molar-refractivity contribution is -0.114. The van der Waals surface area contributed by atoms with E-state index in [1.54, 1.807) is 6.92 Å². The summed E-state index contributed by atoms with van der Waals surface area (Å²) in [6.07, 6.45) is 4.81. The Balaban J connectivity index is 1.36. The molecule has 2 aromatic carbocycles. The largest absolute Gasteiger partial charge is 0.399 e. The Morgan fingerprint density at radius 2 is 1.85 bits per heavy atom. The summed E-state index contributed by atoms with van der Waals surface area (Å²) in [6, 6.07) is 14.8. The molecule has 0 radical (unpaired) electrons. The van der Waals surface area contributed by atoms with Crippen LogP contribution in [0.3, 0.4) is 0 Å². The van der Waals surface area contributed by atoms with Crippen molar-refractivity contribution in [2.24, 2.45) is 0 Å². The van der Waals surface area contributed by atoms with Crippen LogP contribution >= 0.6 is 0 Å². The quantitative estimate of drug-likeness (QED) is 0.803. The maximum absolute atomic E-state index is 11.4. The van der Waals surface area contributed by atoms with E-state index in [-0.39, 0.29) is 5.91 Å². The van der Waals surface area contributed by atoms with Gasteiger partial charge in [-0.25, -0.2) is 0 Å². The van der Waals surface area contributed by atoms with Crippen molar-refractivity contribution in [3.8, 4) is 0 Å². The number of benzene rings is 2. The van der Waals surface area contributed by atoms with Gasteiger partial charge in [0.05, 0.1) is 0 Å². The van der Waals surface area contributed by atoms with Gasteiger partial charge in [-0.1, -0.05) is 18.2 Å². The number of piperidine rings is 1. The minimum absolute atomic E-state index is 0.00534. The molecule has 0 saturated carbocycles. The number of carbonyl (C=O) groups is 1. The highest BCUT2D eigenvalue weighted by atomic mass is 16.1. The van der Waals surface area contributed by atoms with Crippen molar-refractivity contribution in [1.29, 1.82) is 0 Å². The molecular formula is C23H29N3O. The van der Waals surface area contributed by atoms with Crippen LogP contribution in [0, 0.1) is 0 Å². The number of hydrogen-bond donors (Lipinski definition) is 2. The lowest BCUT2D eigenvalue weighted by atomic mass is 9.88. The molecule has 1 aliphatic heterocycles. The fourth-order valence-electron chi connectivity index (χ4n) is 4.69. The van der Waals surface area contributed by atoms with Gasteiger partial charge in [-0.15, -0.1) is 0 Å². The van der Waals surface area contributed by atoms with E-state index >= 15 is 0 Å². The lowest BCUT2D eigenvalue weighted by Gasteiger charge is -2.34. The SMILES string of the molecule is CC(=O)Nc1ccc2c(c1)C(CN1CCC(c3ccc(N)cc3)CC1)CC2. The third-order valence-corrected chi connectivity index (χ3v) is 6.14. The number of aryl methyl sites for hydroxylation is 1. The van der Waals surface area contributed by atoms with Crippen molar-refractivity contribution in [3.05, 3.63) is 59.2 Å². The Morgan fingerprint density at radius 3 is 2.56 bits per heavy atom. The number of likely N-dealkylation sites (tertiary alicyclic amines) is 1. The van der Waals surface area contributed by atoms with Crippen LogP contribution in [0.25, 0.3) is 0 Å². The summed E-state index contributed by atoms with van der Waals surface area (Å²) >= 11 is 0. The van der Waals surface area contributed by atoms with Crippen molar-refractivity contribution in [2.75, 3.05) is 30.7 Å². The number of anilines is 2. The fraction of sp³-hybridized carbons (Fsp3) is 0.435. The number of nitrogens with two attached hydrogens (primary N) is 1. The van der Waals surface area contributed by atoms with Gasteiger partial charge in [0.1, 0.15) is 0 Å². The molecule has 1 heterocycles. The molecule has 4 heteroatoms. The Labute approximate surface area is 161 Å². The van der Waals surface area contributed by atoms with Crippen molar-refractivity contribution >= 4 is 17.3 Å². The second kappa shape index (κ2) is 7.73. The van der Waals surface area contributed by atoms with Gasteiger partial charge < -0.3 is 16.0 Å². The maximum atomic E-state index is 11.4. The second-order valence-electron chi connectivity index (χ2n) is 8.07. The van der Waals surface area contributed by atoms with Gasteiger partial charge >= 0.3 is 0 Å². The highest BCUT2D eigenvalue weighted by Crippen LogP contribution is 2.37. The number of rotatable bonds is 4. The van der Waals surface area contributed by atoms with Gasteiger partial charge in [-0.3, -0.25) is 4.79 Å². The molecule has 1 saturated heterocycles. The van der Waals surface area contributed by atoms with E-state index in [0.29, 0.717) is 11.8 Å². The molecule has 1 fully saturated rings. The van der Waals surface area contributed by atoms with Crippen LogP contribution in [0.2, 0.25) is 0 Å². The number of nitrogens with one attached hydrogen (secondary N) is 1. The van der Waals surface area contributed by atoms with Gasteiger partial charge in [-0.2, -0.15) is 0 Å². The summed E-state index contributed by atoms with van der Waals surface area (Å²) in [6.45, 7) is 5.01. The first-order valence-corrected chi connectivity index (χ1v) is 10.1. The topological polar surface area (TPSA) is 58.4 Å². The van der Waals surface area contributed by atoms with E-state index in [0.717, 1.165) is 37.4 Å². The first-order chi connectivity index (χ1) is 13.1. The molecule has 1 unspecified atom stereocenters. The molecular weight excluding hydrogens is 334 g/mol. The van der Waals surface area contributed by atoms with E-state index < -0.39 is 0 Å². The zero-order valence-corrected chi connectivity index (χ0v) is 16.1. The van der Waals surface area contributed by atoms with Crippen LogP contribution < -0.4 is 11.1 Å². The van der Waals surface area contributed by atoms with Gasteiger partial charge in [-0.05, 0) is 91.6 Å². The Kier molecular flexibility index (Phi) is 5.17. The zero-order chi connectivity index (χ0) is 18.8. The van der Waals surface area contributed by atoms with Gasteiger partial charge in [0.2, 0.25) is 5.91 Å². The van der Waals surface area contributed by atoms with Crippen LogP contribution in [0.15, 0.2) is 42.5 Å². The summed E-state index contributed by atoms with van der Waals surface area (Å²) in [5.41, 5.74) is 11.9. The highest BCUT2D eigenvalue weighted by molar-refractivity contribution is 5.88. The molecule has 2 aromatic rings. The normalized spacial score (nSPS) is 20.4. The molecule has 1 atom stereocenters. The summed E-state index contributed by atoms with van der Waals surface area (Å²) in [5, 5.41) is 2.93. The molecule has 0 bridgehead atoms. The third kappa shape index (κ3) is 4.16. The van der Waals surface area contributed by atoms with Crippen LogP contribution in [-0.2, 0) is 11.2 Å². The predicted molar refractivity (Wildman–Crippen MR) is 111 cm³/mol. The van der Waals surface area contributed by atoms with Crippen molar-refractivity contribution in [1.82, 2.24) is 4.90 Å². The van der Waals surface area contributed by atoms with Crippen molar-refractivity contribution in [3.63, 3.8) is 0 Å². The van der Waals surface area contributed by atoms with Crippen LogP contribution in [-0.4, -0.2) is 30.4 Å². The van der Waals surface area contributed by atoms with E-state index in [2.05, 4.69) is 34.5 Å². The summed E-state index contributed by atoms with van der Waals surface area (Å²) in [4.78, 5) is 14.0. The number of fused-ring (bicyclic) bond motifs is 1. The Hall–Kier alpha value is -2.33. The summed E-state index contributed by atoms with van der Waals surface area (Å²) < 4.78 is 0. The molecule has 27 heavy (non-hydrogen) atoms. The number of hydrogen-bond acceptors (Lipinski definition) is 3. The van der Waals surface area contributed by atoms with Crippen molar-refractivity contribution < 1.29 is 4.79 Å². The molecule has 142 valence electrons. The predicted octanol–water partition coefficient (Wildman–Crippen LogP) is 4.14. The number of amides is 1. The van der Waals surface area contributed by atoms with Crippen molar-refractivity contribution in [2.45, 2.75) is 44.4 Å². The van der Waals surface area contributed by atoms with Crippen LogP contribution in [0.4, 0.5) is 11.4 Å². The van der Waals surface area contributed by atoms with Crippen LogP contribution in [0.5, 0.6) is 0 Å². The monoisotopic (exact) mass is 363 g/mol. The average molecular weight is 364 g/mol. The van der Waals surface area contributed by atoms with Gasteiger partial charge in [0.15, 0.2) is 0 Å². The number of nitrogens with zero attached hydrogens (tertiary/aromatic N) is 1. The van der Waals surface area contributed by atoms with E-state index in [1.807, 2.05) is 18.2 Å². The molecule has 1 amide bonds. The molecule has 4 rings (SSSR count). The first kappa shape index (κ1) is 18.1. The smallest absolute Gasteiger partial charge is 0.221 e. The minimum Gasteiger partial charge on any atom is -0.399 e.